The van der Waals surface area contributed by atoms with Crippen molar-refractivity contribution in [1.29, 1.82) is 0 Å². The molecule has 0 spiro atoms. The van der Waals surface area contributed by atoms with Crippen molar-refractivity contribution in [2.24, 2.45) is 0 Å². The molecule has 2 atom stereocenters. The molecular formula is C6H14O7S4. The highest BCUT2D eigenvalue weighted by Gasteiger charge is 2.26. The van der Waals surface area contributed by atoms with Gasteiger partial charge in [-0.1, -0.05) is 13.8 Å². The fraction of sp³-hybridized carbons (Fsp3) is 1.00. The van der Waals surface area contributed by atoms with Crippen LogP contribution in [0, 0.1) is 0 Å². The lowest BCUT2D eigenvalue weighted by atomic mass is 10.6. The predicted octanol–water partition coefficient (Wildman–Crippen LogP) is 1.55. The van der Waals surface area contributed by atoms with Crippen LogP contribution < -0.4 is 0 Å². The van der Waals surface area contributed by atoms with Crippen molar-refractivity contribution in [3.05, 3.63) is 0 Å². The summed E-state index contributed by atoms with van der Waals surface area (Å²) in [6.45, 7) is 3.05. The molecule has 0 saturated carbocycles. The summed E-state index contributed by atoms with van der Waals surface area (Å²) < 4.78 is 63.0. The summed E-state index contributed by atoms with van der Waals surface area (Å²) in [5.41, 5.74) is 0. The molecule has 11 heteroatoms. The molecule has 0 bridgehead atoms. The lowest BCUT2D eigenvalue weighted by Crippen LogP contribution is -2.17. The Kier molecular flexibility index (Phi) is 7.37. The Hall–Kier alpha value is 0.480. The van der Waals surface area contributed by atoms with Crippen molar-refractivity contribution >= 4 is 44.3 Å². The van der Waals surface area contributed by atoms with E-state index in [1.165, 1.54) is 13.8 Å². The van der Waals surface area contributed by atoms with Crippen LogP contribution >= 0.6 is 24.1 Å². The van der Waals surface area contributed by atoms with E-state index in [1.54, 1.807) is 0 Å². The summed E-state index contributed by atoms with van der Waals surface area (Å²) >= 11 is 0.875. The fourth-order valence-corrected chi connectivity index (χ4v) is 4.14. The molecule has 0 aliphatic rings. The summed E-state index contributed by atoms with van der Waals surface area (Å²) in [4.78, 5) is 0. The second-order valence-corrected chi connectivity index (χ2v) is 8.83. The van der Waals surface area contributed by atoms with E-state index in [4.69, 9.17) is 12.7 Å². The van der Waals surface area contributed by atoms with Crippen LogP contribution in [0.1, 0.15) is 26.7 Å². The van der Waals surface area contributed by atoms with Crippen LogP contribution in [0.2, 0.25) is 0 Å². The fourth-order valence-electron chi connectivity index (χ4n) is 0.767. The van der Waals surface area contributed by atoms with Crippen LogP contribution in [0.3, 0.4) is 0 Å². The van der Waals surface area contributed by atoms with Gasteiger partial charge >= 0.3 is 0 Å². The highest BCUT2D eigenvalue weighted by molar-refractivity contribution is 8.17. The molecule has 0 aromatic heterocycles. The monoisotopic (exact) mass is 326 g/mol. The second-order valence-electron chi connectivity index (χ2n) is 2.97. The van der Waals surface area contributed by atoms with Crippen LogP contribution in [0.15, 0.2) is 0 Å². The van der Waals surface area contributed by atoms with Gasteiger partial charge in [-0.25, -0.2) is 3.63 Å². The molecule has 0 amide bonds. The van der Waals surface area contributed by atoms with E-state index in [0.717, 1.165) is 0 Å². The van der Waals surface area contributed by atoms with Crippen LogP contribution in [0.4, 0.5) is 0 Å². The summed E-state index contributed by atoms with van der Waals surface area (Å²) in [6.07, 6.45) is 0.208. The molecule has 0 saturated heterocycles. The molecule has 0 aromatic carbocycles. The Bertz CT molecular complexity index is 374. The molecule has 104 valence electrons. The van der Waals surface area contributed by atoms with Gasteiger partial charge in [0, 0.05) is 24.1 Å². The van der Waals surface area contributed by atoms with Crippen LogP contribution in [-0.2, 0) is 23.9 Å². The first-order valence-corrected chi connectivity index (χ1v) is 9.15. The third-order valence-corrected chi connectivity index (χ3v) is 7.27. The Labute approximate surface area is 110 Å². The Morgan fingerprint density at radius 1 is 0.941 bits per heavy atom. The molecule has 17 heavy (non-hydrogen) atoms. The normalized spacial score (nSPS) is 16.7. The minimum Gasteiger partial charge on any atom is -0.285 e. The predicted molar refractivity (Wildman–Crippen MR) is 67.5 cm³/mol. The van der Waals surface area contributed by atoms with E-state index in [9.17, 15) is 16.8 Å². The molecule has 0 aliphatic heterocycles. The van der Waals surface area contributed by atoms with Gasteiger partial charge in [-0.15, -0.1) is 0 Å². The summed E-state index contributed by atoms with van der Waals surface area (Å²) in [5, 5.41) is 0. The molecule has 7 nitrogen and oxygen atoms in total. The minimum atomic E-state index is -4.24. The van der Waals surface area contributed by atoms with Gasteiger partial charge < -0.3 is 0 Å². The zero-order valence-electron chi connectivity index (χ0n) is 9.14. The van der Waals surface area contributed by atoms with E-state index in [1.807, 2.05) is 0 Å². The minimum absolute atomic E-state index is 0.104. The molecule has 0 heterocycles. The first-order chi connectivity index (χ1) is 7.62. The smallest absolute Gasteiger partial charge is 0.279 e. The van der Waals surface area contributed by atoms with E-state index >= 15 is 0 Å². The van der Waals surface area contributed by atoms with Gasteiger partial charge in [0.1, 0.15) is 0 Å². The van der Waals surface area contributed by atoms with Crippen LogP contribution in [0.5, 0.6) is 0 Å². The third kappa shape index (κ3) is 6.84. The molecular weight excluding hydrogens is 312 g/mol. The number of hydrogen-bond acceptors (Lipinski definition) is 7. The Balaban J connectivity index is 4.32. The SMILES string of the molecule is CCC(SOSC(CC)S(=O)(=O)O)S(=O)(=O)O. The lowest BCUT2D eigenvalue weighted by molar-refractivity contribution is 0.476. The number of rotatable bonds is 8. The van der Waals surface area contributed by atoms with Gasteiger partial charge in [-0.3, -0.25) is 9.11 Å². The molecule has 0 rings (SSSR count). The summed E-state index contributed by atoms with van der Waals surface area (Å²) in [6, 6.07) is 0. The standard InChI is InChI=1S/C6H14O7S4/c1-3-5(16(7,8)9)14-13-15-6(4-2)17(10,11)12/h5-6H,3-4H2,1-2H3,(H,7,8,9)(H,10,11,12). The zero-order valence-corrected chi connectivity index (χ0v) is 12.4. The molecule has 0 aliphatic carbocycles. The molecule has 0 aromatic rings. The highest BCUT2D eigenvalue weighted by Crippen LogP contribution is 2.30. The maximum absolute atomic E-state index is 10.8. The van der Waals surface area contributed by atoms with Gasteiger partial charge in [0.2, 0.25) is 0 Å². The highest BCUT2D eigenvalue weighted by atomic mass is 32.3. The Morgan fingerprint density at radius 2 is 1.24 bits per heavy atom. The van der Waals surface area contributed by atoms with Crippen molar-refractivity contribution in [2.75, 3.05) is 0 Å². The van der Waals surface area contributed by atoms with Crippen molar-refractivity contribution < 1.29 is 29.6 Å². The first-order valence-electron chi connectivity index (χ1n) is 4.54. The van der Waals surface area contributed by atoms with E-state index < -0.39 is 29.4 Å². The average Bonchev–Trinajstić information content (AvgIpc) is 2.13. The average molecular weight is 326 g/mol. The molecule has 0 fully saturated rings. The maximum atomic E-state index is 10.8. The van der Waals surface area contributed by atoms with Gasteiger partial charge in [-0.05, 0) is 12.8 Å². The quantitative estimate of drug-likeness (QED) is 0.505. The molecule has 2 N–H and O–H groups in total. The van der Waals surface area contributed by atoms with Gasteiger partial charge in [0.15, 0.2) is 9.16 Å². The van der Waals surface area contributed by atoms with Crippen molar-refractivity contribution in [2.45, 2.75) is 35.9 Å². The summed E-state index contributed by atoms with van der Waals surface area (Å²) in [5.74, 6) is 0. The van der Waals surface area contributed by atoms with Crippen molar-refractivity contribution in [3.63, 3.8) is 0 Å². The maximum Gasteiger partial charge on any atom is 0.279 e. The Morgan fingerprint density at radius 3 is 1.41 bits per heavy atom. The third-order valence-electron chi connectivity index (χ3n) is 1.62. The molecule has 0 radical (unpaired) electrons. The first kappa shape index (κ1) is 17.5. The lowest BCUT2D eigenvalue weighted by Gasteiger charge is -2.12. The van der Waals surface area contributed by atoms with Crippen molar-refractivity contribution in [1.82, 2.24) is 0 Å². The van der Waals surface area contributed by atoms with Gasteiger partial charge in [0.25, 0.3) is 20.2 Å². The van der Waals surface area contributed by atoms with E-state index in [0.29, 0.717) is 24.1 Å². The topological polar surface area (TPSA) is 118 Å². The van der Waals surface area contributed by atoms with E-state index in [-0.39, 0.29) is 12.8 Å². The van der Waals surface area contributed by atoms with Crippen LogP contribution in [-0.4, -0.2) is 35.1 Å². The van der Waals surface area contributed by atoms with Gasteiger partial charge in [0.05, 0.1) is 0 Å². The summed E-state index contributed by atoms with van der Waals surface area (Å²) in [7, 11) is -8.48. The van der Waals surface area contributed by atoms with Crippen molar-refractivity contribution in [3.8, 4) is 0 Å². The number of hydrogen-bond donors (Lipinski definition) is 2. The van der Waals surface area contributed by atoms with Gasteiger partial charge in [-0.2, -0.15) is 16.8 Å². The molecule has 2 unspecified atom stereocenters. The van der Waals surface area contributed by atoms with Crippen LogP contribution in [0.25, 0.3) is 0 Å². The largest absolute Gasteiger partial charge is 0.285 e. The zero-order chi connectivity index (χ0) is 13.7. The second kappa shape index (κ2) is 7.16. The van der Waals surface area contributed by atoms with E-state index in [2.05, 4.69) is 0 Å².